The number of rotatable bonds is 6. The molecule has 0 unspecified atom stereocenters. The molecule has 3 rings (SSSR count). The fraction of sp³-hybridized carbons (Fsp3) is 0.133. The number of furan rings is 1. The van der Waals surface area contributed by atoms with Crippen LogP contribution in [-0.2, 0) is 17.9 Å². The molecule has 0 spiro atoms. The van der Waals surface area contributed by atoms with Crippen molar-refractivity contribution in [3.05, 3.63) is 54.6 Å². The Morgan fingerprint density at radius 1 is 1.32 bits per heavy atom. The normalized spacial score (nSPS) is 10.5. The number of carbonyl (C=O) groups is 1. The molecule has 112 valence electrons. The minimum absolute atomic E-state index is 0.205. The Balaban J connectivity index is 1.72. The largest absolute Gasteiger partial charge is 0.480 e. The van der Waals surface area contributed by atoms with Gasteiger partial charge in [0.1, 0.15) is 18.0 Å². The summed E-state index contributed by atoms with van der Waals surface area (Å²) in [5, 5.41) is 19.8. The summed E-state index contributed by atoms with van der Waals surface area (Å²) in [5.41, 5.74) is 2.41. The third-order valence-electron chi connectivity index (χ3n) is 3.04. The van der Waals surface area contributed by atoms with Gasteiger partial charge in [-0.15, -0.1) is 5.10 Å². The van der Waals surface area contributed by atoms with Crippen LogP contribution < -0.4 is 5.32 Å². The lowest BCUT2D eigenvalue weighted by molar-refractivity contribution is -0.137. The molecule has 0 saturated heterocycles. The number of anilines is 1. The molecule has 0 aliphatic heterocycles. The maximum Gasteiger partial charge on any atom is 0.325 e. The molecule has 0 fully saturated rings. The summed E-state index contributed by atoms with van der Waals surface area (Å²) in [7, 11) is 0. The molecule has 0 radical (unpaired) electrons. The second kappa shape index (κ2) is 6.13. The van der Waals surface area contributed by atoms with E-state index in [1.54, 1.807) is 12.5 Å². The van der Waals surface area contributed by atoms with Crippen molar-refractivity contribution >= 4 is 11.7 Å². The van der Waals surface area contributed by atoms with Crippen molar-refractivity contribution in [2.24, 2.45) is 0 Å². The molecule has 2 N–H and O–H groups in total. The van der Waals surface area contributed by atoms with Crippen molar-refractivity contribution in [1.29, 1.82) is 0 Å². The van der Waals surface area contributed by atoms with E-state index in [9.17, 15) is 4.79 Å². The highest BCUT2D eigenvalue weighted by Crippen LogP contribution is 2.20. The molecular formula is C15H14N4O3. The van der Waals surface area contributed by atoms with E-state index < -0.39 is 5.97 Å². The molecule has 1 aromatic carbocycles. The molecular weight excluding hydrogens is 284 g/mol. The van der Waals surface area contributed by atoms with Crippen LogP contribution in [0.1, 0.15) is 5.76 Å². The van der Waals surface area contributed by atoms with Gasteiger partial charge in [-0.05, 0) is 24.3 Å². The maximum absolute atomic E-state index is 10.7. The highest BCUT2D eigenvalue weighted by atomic mass is 16.4. The van der Waals surface area contributed by atoms with Gasteiger partial charge < -0.3 is 14.8 Å². The fourth-order valence-corrected chi connectivity index (χ4v) is 2.04. The van der Waals surface area contributed by atoms with E-state index in [4.69, 9.17) is 9.52 Å². The van der Waals surface area contributed by atoms with Crippen LogP contribution in [0.5, 0.6) is 0 Å². The molecule has 0 amide bonds. The van der Waals surface area contributed by atoms with Gasteiger partial charge in [-0.2, -0.15) is 0 Å². The molecule has 0 saturated carbocycles. The van der Waals surface area contributed by atoms with Gasteiger partial charge >= 0.3 is 5.97 Å². The van der Waals surface area contributed by atoms with Crippen LogP contribution in [0.25, 0.3) is 11.3 Å². The number of carboxylic acids is 1. The number of aromatic nitrogens is 3. The Morgan fingerprint density at radius 2 is 2.23 bits per heavy atom. The van der Waals surface area contributed by atoms with Crippen LogP contribution in [0.4, 0.5) is 5.69 Å². The summed E-state index contributed by atoms with van der Waals surface area (Å²) in [6, 6.07) is 11.4. The number of aliphatic carboxylic acids is 1. The van der Waals surface area contributed by atoms with Gasteiger partial charge in [-0.25, -0.2) is 4.68 Å². The van der Waals surface area contributed by atoms with Crippen LogP contribution in [0.2, 0.25) is 0 Å². The number of nitrogens with one attached hydrogen (secondary N) is 1. The van der Waals surface area contributed by atoms with Gasteiger partial charge in [0.15, 0.2) is 0 Å². The highest BCUT2D eigenvalue weighted by molar-refractivity contribution is 5.67. The van der Waals surface area contributed by atoms with E-state index in [1.807, 2.05) is 36.4 Å². The van der Waals surface area contributed by atoms with Crippen molar-refractivity contribution < 1.29 is 14.3 Å². The quantitative estimate of drug-likeness (QED) is 0.725. The number of nitrogens with zero attached hydrogens (tertiary/aromatic N) is 3. The molecule has 7 heteroatoms. The van der Waals surface area contributed by atoms with Crippen molar-refractivity contribution in [3.63, 3.8) is 0 Å². The first-order chi connectivity index (χ1) is 10.7. The van der Waals surface area contributed by atoms with E-state index in [0.29, 0.717) is 12.2 Å². The van der Waals surface area contributed by atoms with Crippen LogP contribution in [-0.4, -0.2) is 26.1 Å². The lowest BCUT2D eigenvalue weighted by Crippen LogP contribution is -2.08. The van der Waals surface area contributed by atoms with E-state index in [-0.39, 0.29) is 6.54 Å². The zero-order valence-electron chi connectivity index (χ0n) is 11.6. The first-order valence-electron chi connectivity index (χ1n) is 6.69. The Hall–Kier alpha value is -3.09. The number of hydrogen-bond acceptors (Lipinski definition) is 5. The second-order valence-electron chi connectivity index (χ2n) is 4.71. The molecule has 3 aromatic rings. The van der Waals surface area contributed by atoms with Crippen molar-refractivity contribution in [3.8, 4) is 11.3 Å². The SMILES string of the molecule is O=C(O)Cn1cc(-c2cccc(NCc3ccco3)c2)nn1. The summed E-state index contributed by atoms with van der Waals surface area (Å²) in [5.74, 6) is -0.108. The summed E-state index contributed by atoms with van der Waals surface area (Å²) in [6.07, 6.45) is 3.24. The van der Waals surface area contributed by atoms with E-state index in [1.165, 1.54) is 4.68 Å². The summed E-state index contributed by atoms with van der Waals surface area (Å²) in [4.78, 5) is 10.7. The van der Waals surface area contributed by atoms with Crippen molar-refractivity contribution in [2.75, 3.05) is 5.32 Å². The average molecular weight is 298 g/mol. The number of carboxylic acid groups (broad SMARTS) is 1. The zero-order chi connectivity index (χ0) is 15.4. The third-order valence-corrected chi connectivity index (χ3v) is 3.04. The topological polar surface area (TPSA) is 93.2 Å². The lowest BCUT2D eigenvalue weighted by atomic mass is 10.1. The van der Waals surface area contributed by atoms with Gasteiger partial charge in [0.2, 0.25) is 0 Å². The minimum Gasteiger partial charge on any atom is -0.480 e. The molecule has 0 bridgehead atoms. The average Bonchev–Trinajstić information content (AvgIpc) is 3.16. The fourth-order valence-electron chi connectivity index (χ4n) is 2.04. The van der Waals surface area contributed by atoms with Crippen LogP contribution in [0.15, 0.2) is 53.3 Å². The predicted octanol–water partition coefficient (Wildman–Crippen LogP) is 2.23. The number of hydrogen-bond donors (Lipinski definition) is 2. The molecule has 0 aliphatic rings. The summed E-state index contributed by atoms with van der Waals surface area (Å²) >= 11 is 0. The van der Waals surface area contributed by atoms with Crippen LogP contribution in [0, 0.1) is 0 Å². The highest BCUT2D eigenvalue weighted by Gasteiger charge is 2.07. The van der Waals surface area contributed by atoms with Crippen molar-refractivity contribution in [1.82, 2.24) is 15.0 Å². The zero-order valence-corrected chi connectivity index (χ0v) is 11.6. The second-order valence-corrected chi connectivity index (χ2v) is 4.71. The Bertz CT molecular complexity index is 765. The predicted molar refractivity (Wildman–Crippen MR) is 79.1 cm³/mol. The first kappa shape index (κ1) is 13.9. The Labute approximate surface area is 126 Å². The molecule has 7 nitrogen and oxygen atoms in total. The van der Waals surface area contributed by atoms with Gasteiger partial charge in [-0.3, -0.25) is 4.79 Å². The van der Waals surface area contributed by atoms with Gasteiger partial charge in [0.25, 0.3) is 0 Å². The first-order valence-corrected chi connectivity index (χ1v) is 6.69. The van der Waals surface area contributed by atoms with E-state index in [2.05, 4.69) is 15.6 Å². The molecule has 22 heavy (non-hydrogen) atoms. The Morgan fingerprint density at radius 3 is 3.00 bits per heavy atom. The van der Waals surface area contributed by atoms with E-state index in [0.717, 1.165) is 17.0 Å². The van der Waals surface area contributed by atoms with Crippen LogP contribution >= 0.6 is 0 Å². The van der Waals surface area contributed by atoms with Gasteiger partial charge in [0, 0.05) is 11.3 Å². The van der Waals surface area contributed by atoms with Crippen molar-refractivity contribution in [2.45, 2.75) is 13.1 Å². The van der Waals surface area contributed by atoms with Crippen LogP contribution in [0.3, 0.4) is 0 Å². The van der Waals surface area contributed by atoms with E-state index >= 15 is 0 Å². The molecule has 2 aromatic heterocycles. The third kappa shape index (κ3) is 3.32. The standard InChI is InChI=1S/C15H14N4O3/c20-15(21)10-19-9-14(17-18-19)11-3-1-4-12(7-11)16-8-13-5-2-6-22-13/h1-7,9,16H,8,10H2,(H,20,21). The number of benzene rings is 1. The molecule has 0 atom stereocenters. The lowest BCUT2D eigenvalue weighted by Gasteiger charge is -2.05. The monoisotopic (exact) mass is 298 g/mol. The summed E-state index contributed by atoms with van der Waals surface area (Å²) in [6.45, 7) is 0.381. The Kier molecular flexibility index (Phi) is 3.86. The molecule has 0 aliphatic carbocycles. The molecule has 2 heterocycles. The van der Waals surface area contributed by atoms with Gasteiger partial charge in [-0.1, -0.05) is 17.3 Å². The maximum atomic E-state index is 10.7. The smallest absolute Gasteiger partial charge is 0.325 e. The summed E-state index contributed by atoms with van der Waals surface area (Å²) < 4.78 is 6.56. The van der Waals surface area contributed by atoms with Gasteiger partial charge in [0.05, 0.1) is 19.0 Å². The minimum atomic E-state index is -0.953.